The third-order valence-corrected chi connectivity index (χ3v) is 3.08. The van der Waals surface area contributed by atoms with E-state index in [1.54, 1.807) is 30.3 Å². The maximum atomic E-state index is 13.3. The van der Waals surface area contributed by atoms with Crippen LogP contribution in [0.5, 0.6) is 0 Å². The normalized spacial score (nSPS) is 10.3. The fraction of sp³-hybridized carbons (Fsp3) is 0.133. The number of benzene rings is 2. The predicted molar refractivity (Wildman–Crippen MR) is 75.9 cm³/mol. The molecule has 19 heavy (non-hydrogen) atoms. The van der Waals surface area contributed by atoms with E-state index in [4.69, 9.17) is 11.6 Å². The topological polar surface area (TPSA) is 20.3 Å². The van der Waals surface area contributed by atoms with Crippen LogP contribution in [0.15, 0.2) is 42.5 Å². The molecule has 4 heteroatoms. The van der Waals surface area contributed by atoms with Crippen molar-refractivity contribution in [3.63, 3.8) is 0 Å². The van der Waals surface area contributed by atoms with Crippen molar-refractivity contribution in [2.24, 2.45) is 0 Å². The van der Waals surface area contributed by atoms with Gasteiger partial charge in [-0.25, -0.2) is 4.39 Å². The lowest BCUT2D eigenvalue weighted by Gasteiger charge is -2.24. The molecule has 0 spiro atoms. The molecule has 0 saturated carbocycles. The van der Waals surface area contributed by atoms with Gasteiger partial charge in [0.05, 0.1) is 5.69 Å². The summed E-state index contributed by atoms with van der Waals surface area (Å²) < 4.78 is 13.3. The number of nitrogens with zero attached hydrogens (tertiary/aromatic N) is 1. The third-order valence-electron chi connectivity index (χ3n) is 2.84. The molecule has 98 valence electrons. The molecule has 0 atom stereocenters. The summed E-state index contributed by atoms with van der Waals surface area (Å²) in [6.45, 7) is 2.56. The van der Waals surface area contributed by atoms with E-state index in [9.17, 15) is 9.18 Å². The zero-order valence-corrected chi connectivity index (χ0v) is 11.2. The Morgan fingerprint density at radius 3 is 2.68 bits per heavy atom. The maximum Gasteiger partial charge on any atom is 0.152 e. The van der Waals surface area contributed by atoms with Gasteiger partial charge in [0.15, 0.2) is 6.29 Å². The molecule has 0 N–H and O–H groups in total. The van der Waals surface area contributed by atoms with Crippen LogP contribution in [0.3, 0.4) is 0 Å². The molecule has 0 amide bonds. The van der Waals surface area contributed by atoms with Gasteiger partial charge in [0, 0.05) is 22.8 Å². The van der Waals surface area contributed by atoms with Gasteiger partial charge in [-0.2, -0.15) is 0 Å². The summed E-state index contributed by atoms with van der Waals surface area (Å²) in [7, 11) is 0. The molecular weight excluding hydrogens is 265 g/mol. The summed E-state index contributed by atoms with van der Waals surface area (Å²) in [5.74, 6) is -0.308. The zero-order valence-electron chi connectivity index (χ0n) is 10.4. The molecule has 0 bridgehead atoms. The number of hydrogen-bond acceptors (Lipinski definition) is 2. The molecule has 0 aromatic heterocycles. The van der Waals surface area contributed by atoms with E-state index in [-0.39, 0.29) is 5.82 Å². The minimum Gasteiger partial charge on any atom is -0.341 e. The lowest BCUT2D eigenvalue weighted by atomic mass is 10.1. The van der Waals surface area contributed by atoms with E-state index in [1.807, 2.05) is 11.8 Å². The van der Waals surface area contributed by atoms with Crippen LogP contribution < -0.4 is 4.90 Å². The Hall–Kier alpha value is -1.87. The summed E-state index contributed by atoms with van der Waals surface area (Å²) in [5, 5.41) is 0.501. The van der Waals surface area contributed by atoms with Crippen LogP contribution in [0.2, 0.25) is 5.02 Å². The first kappa shape index (κ1) is 13.6. The van der Waals surface area contributed by atoms with Crippen LogP contribution in [0.4, 0.5) is 15.8 Å². The first-order chi connectivity index (χ1) is 9.15. The van der Waals surface area contributed by atoms with Gasteiger partial charge in [-0.05, 0) is 43.3 Å². The Balaban J connectivity index is 2.50. The van der Waals surface area contributed by atoms with Crippen molar-refractivity contribution in [3.8, 4) is 0 Å². The monoisotopic (exact) mass is 277 g/mol. The van der Waals surface area contributed by atoms with E-state index in [2.05, 4.69) is 0 Å². The van der Waals surface area contributed by atoms with Crippen LogP contribution in [-0.4, -0.2) is 12.8 Å². The van der Waals surface area contributed by atoms with E-state index in [0.29, 0.717) is 28.5 Å². The highest BCUT2D eigenvalue weighted by atomic mass is 35.5. The Bertz CT molecular complexity index is 600. The van der Waals surface area contributed by atoms with E-state index in [0.717, 1.165) is 6.29 Å². The second kappa shape index (κ2) is 5.85. The smallest absolute Gasteiger partial charge is 0.152 e. The van der Waals surface area contributed by atoms with Crippen molar-refractivity contribution in [2.75, 3.05) is 11.4 Å². The quantitative estimate of drug-likeness (QED) is 0.770. The number of aldehydes is 1. The van der Waals surface area contributed by atoms with E-state index >= 15 is 0 Å². The molecule has 0 radical (unpaired) electrons. The summed E-state index contributed by atoms with van der Waals surface area (Å²) in [4.78, 5) is 13.0. The molecule has 0 fully saturated rings. The van der Waals surface area contributed by atoms with Gasteiger partial charge in [-0.3, -0.25) is 4.79 Å². The fourth-order valence-electron chi connectivity index (χ4n) is 2.00. The minimum absolute atomic E-state index is 0.308. The Labute approximate surface area is 116 Å². The number of hydrogen-bond donors (Lipinski definition) is 0. The van der Waals surface area contributed by atoms with Crippen molar-refractivity contribution in [2.45, 2.75) is 6.92 Å². The number of carbonyl (C=O) groups excluding carboxylic acids is 1. The van der Waals surface area contributed by atoms with E-state index < -0.39 is 0 Å². The highest BCUT2D eigenvalue weighted by molar-refractivity contribution is 6.31. The highest BCUT2D eigenvalue weighted by Crippen LogP contribution is 2.29. The van der Waals surface area contributed by atoms with Crippen molar-refractivity contribution < 1.29 is 9.18 Å². The molecule has 2 aromatic carbocycles. The average molecular weight is 278 g/mol. The predicted octanol–water partition coefficient (Wildman–Crippen LogP) is 4.45. The summed E-state index contributed by atoms with van der Waals surface area (Å²) in [6.07, 6.45) is 0.753. The number of carbonyl (C=O) groups is 1. The standard InChI is InChI=1S/C15H13ClFNO/c1-2-18(14-5-3-4-13(17)9-14)15-7-6-12(16)8-11(15)10-19/h3-10H,2H2,1H3. The van der Waals surface area contributed by atoms with Crippen LogP contribution >= 0.6 is 11.6 Å². The number of anilines is 2. The first-order valence-electron chi connectivity index (χ1n) is 5.93. The van der Waals surface area contributed by atoms with Gasteiger partial charge < -0.3 is 4.90 Å². The molecular formula is C15H13ClFNO. The molecule has 0 heterocycles. The molecule has 2 nitrogen and oxygen atoms in total. The van der Waals surface area contributed by atoms with Crippen LogP contribution in [0.25, 0.3) is 0 Å². The van der Waals surface area contributed by atoms with Gasteiger partial charge in [-0.15, -0.1) is 0 Å². The van der Waals surface area contributed by atoms with Crippen LogP contribution in [0.1, 0.15) is 17.3 Å². The Kier molecular flexibility index (Phi) is 4.17. The van der Waals surface area contributed by atoms with Gasteiger partial charge in [-0.1, -0.05) is 17.7 Å². The number of halogens is 2. The molecule has 0 aliphatic heterocycles. The van der Waals surface area contributed by atoms with E-state index in [1.165, 1.54) is 12.1 Å². The van der Waals surface area contributed by atoms with Crippen LogP contribution in [-0.2, 0) is 0 Å². The number of rotatable bonds is 4. The van der Waals surface area contributed by atoms with Gasteiger partial charge >= 0.3 is 0 Å². The van der Waals surface area contributed by atoms with Gasteiger partial charge in [0.1, 0.15) is 5.82 Å². The maximum absolute atomic E-state index is 13.3. The van der Waals surface area contributed by atoms with Crippen molar-refractivity contribution in [3.05, 3.63) is 58.9 Å². The first-order valence-corrected chi connectivity index (χ1v) is 6.31. The molecule has 0 unspecified atom stereocenters. The fourth-order valence-corrected chi connectivity index (χ4v) is 2.18. The lowest BCUT2D eigenvalue weighted by molar-refractivity contribution is 0.112. The molecule has 2 rings (SSSR count). The van der Waals surface area contributed by atoms with Crippen molar-refractivity contribution >= 4 is 29.3 Å². The van der Waals surface area contributed by atoms with Crippen molar-refractivity contribution in [1.29, 1.82) is 0 Å². The molecule has 0 aliphatic rings. The Morgan fingerprint density at radius 1 is 1.26 bits per heavy atom. The molecule has 0 saturated heterocycles. The SMILES string of the molecule is CCN(c1cccc(F)c1)c1ccc(Cl)cc1C=O. The van der Waals surface area contributed by atoms with Crippen molar-refractivity contribution in [1.82, 2.24) is 0 Å². The summed E-state index contributed by atoms with van der Waals surface area (Å²) >= 11 is 5.88. The molecule has 0 aliphatic carbocycles. The van der Waals surface area contributed by atoms with Gasteiger partial charge in [0.25, 0.3) is 0 Å². The largest absolute Gasteiger partial charge is 0.341 e. The Morgan fingerprint density at radius 2 is 2.05 bits per heavy atom. The minimum atomic E-state index is -0.308. The summed E-state index contributed by atoms with van der Waals surface area (Å²) in [5.41, 5.74) is 1.90. The second-order valence-corrected chi connectivity index (χ2v) is 4.48. The zero-order chi connectivity index (χ0) is 13.8. The summed E-state index contributed by atoms with van der Waals surface area (Å²) in [6, 6.07) is 11.4. The van der Waals surface area contributed by atoms with Crippen LogP contribution in [0, 0.1) is 5.82 Å². The highest BCUT2D eigenvalue weighted by Gasteiger charge is 2.12. The van der Waals surface area contributed by atoms with Gasteiger partial charge in [0.2, 0.25) is 0 Å². The second-order valence-electron chi connectivity index (χ2n) is 4.05. The lowest BCUT2D eigenvalue weighted by Crippen LogP contribution is -2.17. The molecule has 2 aromatic rings. The average Bonchev–Trinajstić information content (AvgIpc) is 2.41. The third kappa shape index (κ3) is 2.93.